The molecule has 1 fully saturated rings. The predicted octanol–water partition coefficient (Wildman–Crippen LogP) is 4.94. The Morgan fingerprint density at radius 1 is 1.09 bits per heavy atom. The highest BCUT2D eigenvalue weighted by molar-refractivity contribution is 5.93. The molecule has 0 bridgehead atoms. The summed E-state index contributed by atoms with van der Waals surface area (Å²) < 4.78 is 11.2. The van der Waals surface area contributed by atoms with Crippen LogP contribution in [0.5, 0.6) is 5.75 Å². The lowest BCUT2D eigenvalue weighted by atomic mass is 10.1. The Morgan fingerprint density at radius 2 is 1.81 bits per heavy atom. The molecule has 0 saturated carbocycles. The van der Waals surface area contributed by atoms with Crippen molar-refractivity contribution in [3.8, 4) is 17.1 Å². The number of hydrogen-bond acceptors (Lipinski definition) is 5. The summed E-state index contributed by atoms with van der Waals surface area (Å²) in [6.45, 7) is 7.55. The summed E-state index contributed by atoms with van der Waals surface area (Å²) in [5.41, 5.74) is 2.36. The third kappa shape index (κ3) is 5.56. The Hall–Kier alpha value is -3.12. The summed E-state index contributed by atoms with van der Waals surface area (Å²) in [6, 6.07) is 19.8. The second kappa shape index (κ2) is 10.5. The molecule has 6 nitrogen and oxygen atoms in total. The fourth-order valence-corrected chi connectivity index (χ4v) is 3.96. The Labute approximate surface area is 189 Å². The minimum Gasteiger partial charge on any atom is -0.493 e. The summed E-state index contributed by atoms with van der Waals surface area (Å²) in [7, 11) is 0. The van der Waals surface area contributed by atoms with Crippen LogP contribution in [0.3, 0.4) is 0 Å². The zero-order valence-corrected chi connectivity index (χ0v) is 18.8. The Bertz CT molecular complexity index is 993. The molecule has 4 rings (SSSR count). The van der Waals surface area contributed by atoms with E-state index in [2.05, 4.69) is 41.4 Å². The molecule has 1 atom stereocenters. The summed E-state index contributed by atoms with van der Waals surface area (Å²) >= 11 is 0. The molecule has 0 unspecified atom stereocenters. The number of ether oxygens (including phenoxy) is 1. The van der Waals surface area contributed by atoms with E-state index >= 15 is 0 Å². The predicted molar refractivity (Wildman–Crippen MR) is 125 cm³/mol. The fourth-order valence-electron chi connectivity index (χ4n) is 3.96. The number of rotatable bonds is 9. The first-order valence-corrected chi connectivity index (χ1v) is 11.4. The SMILES string of the molecule is CC(C)COc1ccc(-c2cc(C(=O)NC[C@@H](c3ccccc3)N3CCCC3)no2)cc1. The molecule has 1 aliphatic rings. The molecule has 0 aliphatic carbocycles. The number of benzene rings is 2. The summed E-state index contributed by atoms with van der Waals surface area (Å²) in [4.78, 5) is 15.2. The van der Waals surface area contributed by atoms with Gasteiger partial charge in [0.15, 0.2) is 11.5 Å². The van der Waals surface area contributed by atoms with Crippen molar-refractivity contribution in [2.75, 3.05) is 26.2 Å². The maximum atomic E-state index is 12.8. The number of hydrogen-bond donors (Lipinski definition) is 1. The topological polar surface area (TPSA) is 67.6 Å². The van der Waals surface area contributed by atoms with Crippen molar-refractivity contribution in [3.63, 3.8) is 0 Å². The molecule has 2 heterocycles. The highest BCUT2D eigenvalue weighted by atomic mass is 16.5. The third-order valence-electron chi connectivity index (χ3n) is 5.69. The van der Waals surface area contributed by atoms with Crippen LogP contribution < -0.4 is 10.1 Å². The van der Waals surface area contributed by atoms with E-state index in [-0.39, 0.29) is 17.6 Å². The molecule has 1 aromatic heterocycles. The van der Waals surface area contributed by atoms with Crippen molar-refractivity contribution in [2.24, 2.45) is 5.92 Å². The summed E-state index contributed by atoms with van der Waals surface area (Å²) in [6.07, 6.45) is 2.40. The van der Waals surface area contributed by atoms with Crippen molar-refractivity contribution < 1.29 is 14.1 Å². The van der Waals surface area contributed by atoms with Crippen LogP contribution in [0, 0.1) is 5.92 Å². The van der Waals surface area contributed by atoms with Gasteiger partial charge in [0.2, 0.25) is 0 Å². The quantitative estimate of drug-likeness (QED) is 0.518. The lowest BCUT2D eigenvalue weighted by Crippen LogP contribution is -2.36. The number of nitrogens with one attached hydrogen (secondary N) is 1. The fraction of sp³-hybridized carbons (Fsp3) is 0.385. The monoisotopic (exact) mass is 433 g/mol. The zero-order chi connectivity index (χ0) is 22.3. The van der Waals surface area contributed by atoms with E-state index in [9.17, 15) is 4.79 Å². The maximum absolute atomic E-state index is 12.8. The molecule has 1 amide bonds. The van der Waals surface area contributed by atoms with Crippen LogP contribution in [0.15, 0.2) is 65.2 Å². The lowest BCUT2D eigenvalue weighted by molar-refractivity contribution is 0.0929. The van der Waals surface area contributed by atoms with Gasteiger partial charge < -0.3 is 14.6 Å². The number of nitrogens with zero attached hydrogens (tertiary/aromatic N) is 2. The van der Waals surface area contributed by atoms with Crippen molar-refractivity contribution in [2.45, 2.75) is 32.7 Å². The largest absolute Gasteiger partial charge is 0.493 e. The Kier molecular flexibility index (Phi) is 7.22. The number of aromatic nitrogens is 1. The molecule has 3 aromatic rings. The highest BCUT2D eigenvalue weighted by Gasteiger charge is 2.24. The van der Waals surface area contributed by atoms with Gasteiger partial charge >= 0.3 is 0 Å². The molecule has 2 aromatic carbocycles. The first-order valence-electron chi connectivity index (χ1n) is 11.4. The maximum Gasteiger partial charge on any atom is 0.273 e. The molecule has 168 valence electrons. The second-order valence-corrected chi connectivity index (χ2v) is 8.69. The van der Waals surface area contributed by atoms with Crippen molar-refractivity contribution in [3.05, 3.63) is 71.9 Å². The molecule has 6 heteroatoms. The highest BCUT2D eigenvalue weighted by Crippen LogP contribution is 2.26. The van der Waals surface area contributed by atoms with E-state index in [1.54, 1.807) is 6.07 Å². The van der Waals surface area contributed by atoms with Gasteiger partial charge in [-0.25, -0.2) is 0 Å². The van der Waals surface area contributed by atoms with Crippen molar-refractivity contribution in [1.29, 1.82) is 0 Å². The standard InChI is InChI=1S/C26H31N3O3/c1-19(2)18-31-22-12-10-21(11-13-22)25-16-23(28-32-25)26(30)27-17-24(29-14-6-7-15-29)20-8-4-3-5-9-20/h3-5,8-13,16,19,24H,6-7,14-15,17-18H2,1-2H3,(H,27,30)/t24-/m0/s1. The molecule has 32 heavy (non-hydrogen) atoms. The van der Waals surface area contributed by atoms with E-state index in [0.29, 0.717) is 24.8 Å². The van der Waals surface area contributed by atoms with E-state index in [4.69, 9.17) is 9.26 Å². The zero-order valence-electron chi connectivity index (χ0n) is 18.8. The Morgan fingerprint density at radius 3 is 2.50 bits per heavy atom. The van der Waals surface area contributed by atoms with Crippen molar-refractivity contribution in [1.82, 2.24) is 15.4 Å². The van der Waals surface area contributed by atoms with Crippen LogP contribution >= 0.6 is 0 Å². The molecular formula is C26H31N3O3. The van der Waals surface area contributed by atoms with Gasteiger partial charge in [-0.05, 0) is 61.7 Å². The number of carbonyl (C=O) groups is 1. The van der Waals surface area contributed by atoms with Gasteiger partial charge in [0, 0.05) is 18.2 Å². The molecular weight excluding hydrogens is 402 g/mol. The van der Waals surface area contributed by atoms with E-state index in [0.717, 1.165) is 24.4 Å². The smallest absolute Gasteiger partial charge is 0.273 e. The van der Waals surface area contributed by atoms with Gasteiger partial charge in [-0.3, -0.25) is 9.69 Å². The molecule has 0 spiro atoms. The summed E-state index contributed by atoms with van der Waals surface area (Å²) in [5.74, 6) is 1.62. The minimum absolute atomic E-state index is 0.160. The average molecular weight is 434 g/mol. The van der Waals surface area contributed by atoms with Gasteiger partial charge in [0.1, 0.15) is 5.75 Å². The van der Waals surface area contributed by atoms with Gasteiger partial charge in [-0.1, -0.05) is 49.3 Å². The first kappa shape index (κ1) is 22.1. The lowest BCUT2D eigenvalue weighted by Gasteiger charge is -2.28. The van der Waals surface area contributed by atoms with E-state index < -0.39 is 0 Å². The third-order valence-corrected chi connectivity index (χ3v) is 5.69. The van der Waals surface area contributed by atoms with Gasteiger partial charge in [0.25, 0.3) is 5.91 Å². The van der Waals surface area contributed by atoms with E-state index in [1.807, 2.05) is 42.5 Å². The Balaban J connectivity index is 1.39. The van der Waals surface area contributed by atoms with Crippen LogP contribution in [-0.4, -0.2) is 42.2 Å². The second-order valence-electron chi connectivity index (χ2n) is 8.69. The van der Waals surface area contributed by atoms with Crippen LogP contribution in [0.2, 0.25) is 0 Å². The number of amides is 1. The van der Waals surface area contributed by atoms with Gasteiger partial charge in [-0.2, -0.15) is 0 Å². The van der Waals surface area contributed by atoms with Crippen LogP contribution in [0.1, 0.15) is 48.8 Å². The molecule has 1 N–H and O–H groups in total. The molecule has 0 radical (unpaired) electrons. The summed E-state index contributed by atoms with van der Waals surface area (Å²) in [5, 5.41) is 7.04. The molecule has 1 aliphatic heterocycles. The van der Waals surface area contributed by atoms with Crippen molar-refractivity contribution >= 4 is 5.91 Å². The number of likely N-dealkylation sites (tertiary alicyclic amines) is 1. The van der Waals surface area contributed by atoms with Gasteiger partial charge in [-0.15, -0.1) is 0 Å². The minimum atomic E-state index is -0.225. The number of carbonyl (C=O) groups excluding carboxylic acids is 1. The average Bonchev–Trinajstić information content (AvgIpc) is 3.52. The van der Waals surface area contributed by atoms with Crippen LogP contribution in [-0.2, 0) is 0 Å². The van der Waals surface area contributed by atoms with Gasteiger partial charge in [0.05, 0.1) is 12.6 Å². The first-order chi connectivity index (χ1) is 15.6. The molecule has 1 saturated heterocycles. The van der Waals surface area contributed by atoms with Crippen LogP contribution in [0.4, 0.5) is 0 Å². The van der Waals surface area contributed by atoms with Crippen LogP contribution in [0.25, 0.3) is 11.3 Å². The normalized spacial score (nSPS) is 15.1. The van der Waals surface area contributed by atoms with E-state index in [1.165, 1.54) is 18.4 Å².